The van der Waals surface area contributed by atoms with E-state index in [2.05, 4.69) is 30.1 Å². The van der Waals surface area contributed by atoms with Gasteiger partial charge < -0.3 is 15.8 Å². The average molecular weight is 438 g/mol. The summed E-state index contributed by atoms with van der Waals surface area (Å²) in [6, 6.07) is 9.27. The number of imidazole rings is 1. The number of hydrogen-bond acceptors (Lipinski definition) is 7. The third-order valence-corrected chi connectivity index (χ3v) is 5.30. The Labute approximate surface area is 185 Å². The summed E-state index contributed by atoms with van der Waals surface area (Å²) in [7, 11) is 0. The van der Waals surface area contributed by atoms with Gasteiger partial charge in [0, 0.05) is 41.2 Å². The van der Waals surface area contributed by atoms with Gasteiger partial charge in [0.05, 0.1) is 23.1 Å². The number of nitrogen functional groups attached to an aromatic ring is 1. The van der Waals surface area contributed by atoms with E-state index in [0.29, 0.717) is 45.2 Å². The third-order valence-electron chi connectivity index (χ3n) is 5.30. The Balaban J connectivity index is 1.51. The van der Waals surface area contributed by atoms with Crippen molar-refractivity contribution in [3.63, 3.8) is 0 Å². The normalized spacial score (nSPS) is 11.4. The topological polar surface area (TPSA) is 142 Å². The summed E-state index contributed by atoms with van der Waals surface area (Å²) < 4.78 is 13.9. The summed E-state index contributed by atoms with van der Waals surface area (Å²) in [5.41, 5.74) is 11.4. The van der Waals surface area contributed by atoms with E-state index in [-0.39, 0.29) is 5.75 Å². The van der Waals surface area contributed by atoms with Crippen LogP contribution >= 0.6 is 0 Å². The van der Waals surface area contributed by atoms with Crippen LogP contribution in [-0.4, -0.2) is 40.2 Å². The first-order valence-corrected chi connectivity index (χ1v) is 9.95. The van der Waals surface area contributed by atoms with Gasteiger partial charge in [0.25, 0.3) is 0 Å². The Kier molecular flexibility index (Phi) is 4.06. The molecule has 160 valence electrons. The summed E-state index contributed by atoms with van der Waals surface area (Å²) >= 11 is 0. The molecule has 0 amide bonds. The molecule has 9 nitrogen and oxygen atoms in total. The maximum Gasteiger partial charge on any atom is 0.160 e. The van der Waals surface area contributed by atoms with Gasteiger partial charge in [-0.15, -0.1) is 0 Å². The molecule has 5 N–H and O–H groups in total. The molecule has 0 fully saturated rings. The van der Waals surface area contributed by atoms with Crippen molar-refractivity contribution in [3.05, 3.63) is 67.0 Å². The Hall–Kier alpha value is -4.86. The van der Waals surface area contributed by atoms with Crippen LogP contribution in [-0.2, 0) is 0 Å². The second-order valence-electron chi connectivity index (χ2n) is 7.53. The highest BCUT2D eigenvalue weighted by Gasteiger charge is 2.17. The lowest BCUT2D eigenvalue weighted by Crippen LogP contribution is -1.90. The molecule has 1 aromatic carbocycles. The minimum absolute atomic E-state index is 0.167. The Morgan fingerprint density at radius 2 is 1.88 bits per heavy atom. The number of hydrogen-bond donors (Lipinski definition) is 4. The van der Waals surface area contributed by atoms with Crippen LogP contribution < -0.4 is 5.73 Å². The van der Waals surface area contributed by atoms with Crippen molar-refractivity contribution in [2.75, 3.05) is 5.73 Å². The van der Waals surface area contributed by atoms with Gasteiger partial charge >= 0.3 is 0 Å². The van der Waals surface area contributed by atoms with E-state index in [1.54, 1.807) is 36.9 Å². The smallest absolute Gasteiger partial charge is 0.160 e. The number of phenols is 1. The molecular formula is C23H15FN8O. The lowest BCUT2D eigenvalue weighted by molar-refractivity contribution is 0.469. The maximum atomic E-state index is 13.9. The number of aromatic amines is 2. The molecule has 0 aliphatic heterocycles. The van der Waals surface area contributed by atoms with E-state index in [9.17, 15) is 9.50 Å². The van der Waals surface area contributed by atoms with E-state index in [1.165, 1.54) is 12.1 Å². The molecule has 0 aliphatic carbocycles. The molecule has 10 heteroatoms. The summed E-state index contributed by atoms with van der Waals surface area (Å²) in [5.74, 6) is -0.222. The van der Waals surface area contributed by atoms with Gasteiger partial charge in [-0.05, 0) is 35.9 Å². The van der Waals surface area contributed by atoms with E-state index < -0.39 is 5.82 Å². The predicted molar refractivity (Wildman–Crippen MR) is 121 cm³/mol. The first-order valence-electron chi connectivity index (χ1n) is 9.95. The minimum atomic E-state index is -0.542. The molecule has 0 radical (unpaired) electrons. The number of halogens is 1. The minimum Gasteiger partial charge on any atom is -0.508 e. The quantitative estimate of drug-likeness (QED) is 0.326. The Morgan fingerprint density at radius 1 is 0.970 bits per heavy atom. The molecule has 0 saturated carbocycles. The van der Waals surface area contributed by atoms with E-state index >= 15 is 0 Å². The SMILES string of the molecule is Nc1cncc(-c2cc3c(-c4nc5c(-c6cc(O)cc(F)c6)ccnc5[nH]4)n[nH]c3cn2)c1. The second-order valence-corrected chi connectivity index (χ2v) is 7.53. The van der Waals surface area contributed by atoms with Crippen molar-refractivity contribution in [2.45, 2.75) is 0 Å². The Morgan fingerprint density at radius 3 is 2.73 bits per heavy atom. The van der Waals surface area contributed by atoms with Crippen LogP contribution in [0.2, 0.25) is 0 Å². The number of phenolic OH excluding ortho intramolecular Hbond substituents is 1. The molecule has 0 aliphatic rings. The highest BCUT2D eigenvalue weighted by molar-refractivity contribution is 5.96. The van der Waals surface area contributed by atoms with Crippen LogP contribution in [0.1, 0.15) is 0 Å². The van der Waals surface area contributed by atoms with Crippen molar-refractivity contribution in [2.24, 2.45) is 0 Å². The number of nitrogens with two attached hydrogens (primary N) is 1. The van der Waals surface area contributed by atoms with Gasteiger partial charge in [-0.25, -0.2) is 14.4 Å². The van der Waals surface area contributed by atoms with Crippen molar-refractivity contribution in [1.82, 2.24) is 35.1 Å². The zero-order chi connectivity index (χ0) is 22.5. The number of rotatable bonds is 3. The molecule has 5 aromatic heterocycles. The van der Waals surface area contributed by atoms with Crippen molar-refractivity contribution < 1.29 is 9.50 Å². The van der Waals surface area contributed by atoms with Crippen molar-refractivity contribution >= 4 is 27.8 Å². The molecule has 0 spiro atoms. The van der Waals surface area contributed by atoms with Crippen LogP contribution in [0.5, 0.6) is 5.75 Å². The van der Waals surface area contributed by atoms with Gasteiger partial charge in [-0.1, -0.05) is 0 Å². The van der Waals surface area contributed by atoms with Crippen LogP contribution in [0.25, 0.3) is 56.0 Å². The second kappa shape index (κ2) is 7.09. The van der Waals surface area contributed by atoms with Gasteiger partial charge in [0.15, 0.2) is 11.5 Å². The zero-order valence-corrected chi connectivity index (χ0v) is 16.9. The highest BCUT2D eigenvalue weighted by atomic mass is 19.1. The zero-order valence-electron chi connectivity index (χ0n) is 16.9. The van der Waals surface area contributed by atoms with Crippen LogP contribution in [0.4, 0.5) is 10.1 Å². The number of fused-ring (bicyclic) bond motifs is 2. The number of anilines is 1. The standard InChI is InChI=1S/C23H15FN8O/c24-13-3-11(5-15(33)6-13)16-1-2-27-22-20(16)29-23(30-22)21-17-7-18(28-10-19(17)31-32-21)12-4-14(25)9-26-8-12/h1-10,33H,25H2,(H,31,32)(H,27,29,30). The summed E-state index contributed by atoms with van der Waals surface area (Å²) in [6.45, 7) is 0. The monoisotopic (exact) mass is 438 g/mol. The fourth-order valence-corrected chi connectivity index (χ4v) is 3.84. The van der Waals surface area contributed by atoms with E-state index in [1.807, 2.05) is 6.07 Å². The molecule has 0 bridgehead atoms. The van der Waals surface area contributed by atoms with Gasteiger partial charge in [0.1, 0.15) is 22.8 Å². The first-order chi connectivity index (χ1) is 16.0. The molecular weight excluding hydrogens is 423 g/mol. The van der Waals surface area contributed by atoms with Crippen LogP contribution in [0.15, 0.2) is 61.2 Å². The number of pyridine rings is 3. The lowest BCUT2D eigenvalue weighted by atomic mass is 10.1. The third kappa shape index (κ3) is 3.21. The largest absolute Gasteiger partial charge is 0.508 e. The molecule has 0 saturated heterocycles. The lowest BCUT2D eigenvalue weighted by Gasteiger charge is -2.03. The summed E-state index contributed by atoms with van der Waals surface area (Å²) in [6.07, 6.45) is 6.55. The molecule has 0 atom stereocenters. The Bertz CT molecular complexity index is 1650. The van der Waals surface area contributed by atoms with Crippen LogP contribution in [0, 0.1) is 5.82 Å². The van der Waals surface area contributed by atoms with Crippen LogP contribution in [0.3, 0.4) is 0 Å². The van der Waals surface area contributed by atoms with Gasteiger partial charge in [0.2, 0.25) is 0 Å². The molecule has 6 aromatic rings. The number of H-pyrrole nitrogens is 2. The summed E-state index contributed by atoms with van der Waals surface area (Å²) in [5, 5.41) is 18.0. The number of aromatic hydroxyl groups is 1. The fourth-order valence-electron chi connectivity index (χ4n) is 3.84. The fraction of sp³-hybridized carbons (Fsp3) is 0. The van der Waals surface area contributed by atoms with Crippen molar-refractivity contribution in [1.29, 1.82) is 0 Å². The average Bonchev–Trinajstić information content (AvgIpc) is 3.41. The molecule has 6 rings (SSSR count). The number of nitrogens with zero attached hydrogens (tertiary/aromatic N) is 5. The number of aromatic nitrogens is 7. The first kappa shape index (κ1) is 18.9. The van der Waals surface area contributed by atoms with E-state index in [4.69, 9.17) is 10.7 Å². The van der Waals surface area contributed by atoms with Gasteiger partial charge in [-0.2, -0.15) is 5.10 Å². The maximum absolute atomic E-state index is 13.9. The van der Waals surface area contributed by atoms with Gasteiger partial charge in [-0.3, -0.25) is 15.1 Å². The molecule has 33 heavy (non-hydrogen) atoms. The predicted octanol–water partition coefficient (Wildman–Crippen LogP) is 4.05. The number of nitrogens with one attached hydrogen (secondary N) is 2. The number of benzene rings is 1. The molecule has 0 unspecified atom stereocenters. The van der Waals surface area contributed by atoms with E-state index in [0.717, 1.165) is 22.5 Å². The molecule has 5 heterocycles. The highest BCUT2D eigenvalue weighted by Crippen LogP contribution is 2.33. The van der Waals surface area contributed by atoms with Crippen molar-refractivity contribution in [3.8, 4) is 39.7 Å². The summed E-state index contributed by atoms with van der Waals surface area (Å²) in [4.78, 5) is 20.8.